The molecule has 0 bridgehead atoms. The molecule has 0 aliphatic heterocycles. The van der Waals surface area contributed by atoms with Crippen molar-refractivity contribution in [2.75, 3.05) is 11.0 Å². The zero-order valence-electron chi connectivity index (χ0n) is 17.1. The van der Waals surface area contributed by atoms with Crippen molar-refractivity contribution in [3.8, 4) is 0 Å². The standard InChI is InChI=1S/C23H23ClN2O3S2/c1-16(19-4-3-5-21(14-19)26-31(2,28)29)25-23(27)18-8-6-17(7-9-18)15-30-22-12-10-20(24)11-13-22/h3-14,16,26H,15H2,1-2H3,(H,25,27). The highest BCUT2D eigenvalue weighted by Crippen LogP contribution is 2.24. The molecule has 3 rings (SSSR count). The van der Waals surface area contributed by atoms with Crippen LogP contribution in [-0.4, -0.2) is 20.6 Å². The van der Waals surface area contributed by atoms with Gasteiger partial charge < -0.3 is 5.32 Å². The van der Waals surface area contributed by atoms with Crippen LogP contribution in [-0.2, 0) is 15.8 Å². The first-order valence-corrected chi connectivity index (χ1v) is 12.8. The molecule has 0 fully saturated rings. The van der Waals surface area contributed by atoms with Crippen molar-refractivity contribution in [1.29, 1.82) is 0 Å². The van der Waals surface area contributed by atoms with Gasteiger partial charge in [-0.05, 0) is 66.6 Å². The molecule has 1 unspecified atom stereocenters. The summed E-state index contributed by atoms with van der Waals surface area (Å²) in [6, 6.07) is 21.9. The van der Waals surface area contributed by atoms with Crippen LogP contribution in [0.2, 0.25) is 5.02 Å². The highest BCUT2D eigenvalue weighted by molar-refractivity contribution is 7.98. The maximum Gasteiger partial charge on any atom is 0.251 e. The quantitative estimate of drug-likeness (QED) is 0.423. The molecule has 0 heterocycles. The van der Waals surface area contributed by atoms with Crippen molar-refractivity contribution >= 4 is 45.0 Å². The molecule has 0 aliphatic carbocycles. The van der Waals surface area contributed by atoms with Crippen molar-refractivity contribution in [1.82, 2.24) is 5.32 Å². The highest BCUT2D eigenvalue weighted by Gasteiger charge is 2.13. The number of thioether (sulfide) groups is 1. The Morgan fingerprint density at radius 3 is 2.35 bits per heavy atom. The number of rotatable bonds is 8. The largest absolute Gasteiger partial charge is 0.346 e. The minimum atomic E-state index is -3.36. The van der Waals surface area contributed by atoms with Crippen LogP contribution in [0.25, 0.3) is 0 Å². The molecule has 0 saturated heterocycles. The molecule has 162 valence electrons. The van der Waals surface area contributed by atoms with Gasteiger partial charge in [0, 0.05) is 26.9 Å². The molecule has 0 saturated carbocycles. The van der Waals surface area contributed by atoms with E-state index in [4.69, 9.17) is 11.6 Å². The SMILES string of the molecule is CC(NC(=O)c1ccc(CSc2ccc(Cl)cc2)cc1)c1cccc(NS(C)(=O)=O)c1. The fraction of sp³-hybridized carbons (Fsp3) is 0.174. The van der Waals surface area contributed by atoms with Crippen LogP contribution in [0.15, 0.2) is 77.7 Å². The van der Waals surface area contributed by atoms with E-state index in [9.17, 15) is 13.2 Å². The summed E-state index contributed by atoms with van der Waals surface area (Å²) in [5, 5.41) is 3.67. The lowest BCUT2D eigenvalue weighted by atomic mass is 10.1. The van der Waals surface area contributed by atoms with Crippen LogP contribution in [0.4, 0.5) is 5.69 Å². The van der Waals surface area contributed by atoms with Gasteiger partial charge in [0.05, 0.1) is 12.3 Å². The maximum absolute atomic E-state index is 12.6. The number of benzene rings is 3. The number of carbonyl (C=O) groups excluding carboxylic acids is 1. The fourth-order valence-electron chi connectivity index (χ4n) is 2.90. The summed E-state index contributed by atoms with van der Waals surface area (Å²) < 4.78 is 25.3. The van der Waals surface area contributed by atoms with E-state index >= 15 is 0 Å². The number of amides is 1. The Hall–Kier alpha value is -2.48. The number of anilines is 1. The third-order valence-corrected chi connectivity index (χ3v) is 6.41. The van der Waals surface area contributed by atoms with Gasteiger partial charge in [0.15, 0.2) is 0 Å². The summed E-state index contributed by atoms with van der Waals surface area (Å²) >= 11 is 7.61. The Labute approximate surface area is 192 Å². The topological polar surface area (TPSA) is 75.3 Å². The summed E-state index contributed by atoms with van der Waals surface area (Å²) in [5.74, 6) is 0.603. The smallest absolute Gasteiger partial charge is 0.251 e. The monoisotopic (exact) mass is 474 g/mol. The van der Waals surface area contributed by atoms with E-state index in [0.29, 0.717) is 16.3 Å². The summed E-state index contributed by atoms with van der Waals surface area (Å²) in [7, 11) is -3.36. The van der Waals surface area contributed by atoms with Gasteiger partial charge in [-0.25, -0.2) is 8.42 Å². The number of hydrogen-bond acceptors (Lipinski definition) is 4. The third kappa shape index (κ3) is 7.31. The lowest BCUT2D eigenvalue weighted by Crippen LogP contribution is -2.26. The summed E-state index contributed by atoms with van der Waals surface area (Å²) in [6.07, 6.45) is 1.10. The molecular weight excluding hydrogens is 452 g/mol. The minimum absolute atomic E-state index is 0.189. The molecule has 0 aliphatic rings. The van der Waals surface area contributed by atoms with Crippen molar-refractivity contribution in [3.05, 3.63) is 94.5 Å². The molecule has 3 aromatic carbocycles. The summed E-state index contributed by atoms with van der Waals surface area (Å²) in [5.41, 5.74) is 2.95. The van der Waals surface area contributed by atoms with Gasteiger partial charge in [-0.15, -0.1) is 11.8 Å². The number of hydrogen-bond donors (Lipinski definition) is 2. The van der Waals surface area contributed by atoms with E-state index in [1.165, 1.54) is 0 Å². The molecule has 31 heavy (non-hydrogen) atoms. The second kappa shape index (κ2) is 10.2. The van der Waals surface area contributed by atoms with Crippen LogP contribution >= 0.6 is 23.4 Å². The lowest BCUT2D eigenvalue weighted by molar-refractivity contribution is 0.0940. The molecule has 0 aromatic heterocycles. The Morgan fingerprint density at radius 1 is 1.03 bits per heavy atom. The predicted molar refractivity (Wildman–Crippen MR) is 128 cm³/mol. The molecule has 8 heteroatoms. The first-order chi connectivity index (χ1) is 14.7. The average molecular weight is 475 g/mol. The zero-order valence-corrected chi connectivity index (χ0v) is 19.5. The number of sulfonamides is 1. The Bertz CT molecular complexity index is 1150. The van der Waals surface area contributed by atoms with Crippen LogP contribution in [0.5, 0.6) is 0 Å². The molecule has 1 atom stereocenters. The average Bonchev–Trinajstić information content (AvgIpc) is 2.72. The number of halogens is 1. The Morgan fingerprint density at radius 2 is 1.71 bits per heavy atom. The number of carbonyl (C=O) groups is 1. The summed E-state index contributed by atoms with van der Waals surface area (Å²) in [4.78, 5) is 13.8. The van der Waals surface area contributed by atoms with E-state index in [2.05, 4.69) is 10.0 Å². The lowest BCUT2D eigenvalue weighted by Gasteiger charge is -2.16. The number of nitrogens with one attached hydrogen (secondary N) is 2. The molecule has 0 radical (unpaired) electrons. The van der Waals surface area contributed by atoms with Crippen LogP contribution < -0.4 is 10.0 Å². The van der Waals surface area contributed by atoms with E-state index in [0.717, 1.165) is 28.0 Å². The van der Waals surface area contributed by atoms with Gasteiger partial charge in [-0.1, -0.05) is 35.9 Å². The van der Waals surface area contributed by atoms with Gasteiger partial charge in [-0.3, -0.25) is 9.52 Å². The Balaban J connectivity index is 1.58. The van der Waals surface area contributed by atoms with E-state index in [-0.39, 0.29) is 11.9 Å². The van der Waals surface area contributed by atoms with Crippen molar-refractivity contribution < 1.29 is 13.2 Å². The zero-order chi connectivity index (χ0) is 22.4. The first-order valence-electron chi connectivity index (χ1n) is 9.55. The fourth-order valence-corrected chi connectivity index (χ4v) is 4.43. The second-order valence-corrected chi connectivity index (χ2v) is 10.4. The van der Waals surface area contributed by atoms with Gasteiger partial charge in [-0.2, -0.15) is 0 Å². The second-order valence-electron chi connectivity index (χ2n) is 7.13. The first kappa shape index (κ1) is 23.2. The van der Waals surface area contributed by atoms with Crippen molar-refractivity contribution in [3.63, 3.8) is 0 Å². The van der Waals surface area contributed by atoms with Crippen molar-refractivity contribution in [2.45, 2.75) is 23.6 Å². The van der Waals surface area contributed by atoms with Crippen LogP contribution in [0.3, 0.4) is 0 Å². The molecular formula is C23H23ClN2O3S2. The van der Waals surface area contributed by atoms with Crippen molar-refractivity contribution in [2.24, 2.45) is 0 Å². The van der Waals surface area contributed by atoms with E-state index < -0.39 is 10.0 Å². The van der Waals surface area contributed by atoms with Crippen LogP contribution in [0, 0.1) is 0 Å². The van der Waals surface area contributed by atoms with Crippen LogP contribution in [0.1, 0.15) is 34.5 Å². The Kier molecular flexibility index (Phi) is 7.64. The van der Waals surface area contributed by atoms with Gasteiger partial charge in [0.25, 0.3) is 5.91 Å². The van der Waals surface area contributed by atoms with E-state index in [1.807, 2.05) is 49.4 Å². The molecule has 0 spiro atoms. The van der Waals surface area contributed by atoms with E-state index in [1.54, 1.807) is 42.1 Å². The molecule has 2 N–H and O–H groups in total. The highest BCUT2D eigenvalue weighted by atomic mass is 35.5. The normalized spacial score (nSPS) is 12.2. The summed E-state index contributed by atoms with van der Waals surface area (Å²) in [6.45, 7) is 1.86. The molecule has 5 nitrogen and oxygen atoms in total. The molecule has 1 amide bonds. The maximum atomic E-state index is 12.6. The third-order valence-electron chi connectivity index (χ3n) is 4.47. The van der Waals surface area contributed by atoms with Gasteiger partial charge in [0.2, 0.25) is 10.0 Å². The molecule has 3 aromatic rings. The minimum Gasteiger partial charge on any atom is -0.346 e. The van der Waals surface area contributed by atoms with Gasteiger partial charge in [0.1, 0.15) is 0 Å². The van der Waals surface area contributed by atoms with Gasteiger partial charge >= 0.3 is 0 Å². The predicted octanol–water partition coefficient (Wildman–Crippen LogP) is 5.49.